The molecule has 0 saturated carbocycles. The van der Waals surface area contributed by atoms with E-state index in [0.29, 0.717) is 22.3 Å². The van der Waals surface area contributed by atoms with Gasteiger partial charge in [0.25, 0.3) is 0 Å². The van der Waals surface area contributed by atoms with E-state index >= 15 is 0 Å². The zero-order chi connectivity index (χ0) is 12.3. The summed E-state index contributed by atoms with van der Waals surface area (Å²) in [6.07, 6.45) is 0. The van der Waals surface area contributed by atoms with Gasteiger partial charge in [0.1, 0.15) is 5.75 Å². The topological polar surface area (TPSA) is 18.5 Å². The summed E-state index contributed by atoms with van der Waals surface area (Å²) in [5.74, 6) is 2.00. The number of rotatable bonds is 3. The standard InChI is InChI=1S/C13H10BrClO2/c1-16-13-7-9(14)5-6-12(13)17-11-4-2-3-10(15)8-11/h2-8H,1H3. The van der Waals surface area contributed by atoms with Gasteiger partial charge >= 0.3 is 0 Å². The quantitative estimate of drug-likeness (QED) is 0.802. The molecule has 0 spiro atoms. The van der Waals surface area contributed by atoms with Crippen molar-refractivity contribution in [2.75, 3.05) is 7.11 Å². The van der Waals surface area contributed by atoms with Crippen molar-refractivity contribution < 1.29 is 9.47 Å². The van der Waals surface area contributed by atoms with E-state index in [0.717, 1.165) is 4.47 Å². The maximum atomic E-state index is 5.89. The lowest BCUT2D eigenvalue weighted by molar-refractivity contribution is 0.378. The van der Waals surface area contributed by atoms with Crippen molar-refractivity contribution in [2.24, 2.45) is 0 Å². The van der Waals surface area contributed by atoms with Crippen LogP contribution in [0.5, 0.6) is 17.2 Å². The summed E-state index contributed by atoms with van der Waals surface area (Å²) in [4.78, 5) is 0. The Hall–Kier alpha value is -1.19. The number of benzene rings is 2. The van der Waals surface area contributed by atoms with Crippen LogP contribution in [-0.4, -0.2) is 7.11 Å². The van der Waals surface area contributed by atoms with E-state index in [-0.39, 0.29) is 0 Å². The summed E-state index contributed by atoms with van der Waals surface area (Å²) >= 11 is 9.27. The summed E-state index contributed by atoms with van der Waals surface area (Å²) < 4.78 is 11.9. The van der Waals surface area contributed by atoms with Gasteiger partial charge in [-0.2, -0.15) is 0 Å². The highest BCUT2D eigenvalue weighted by Crippen LogP contribution is 2.34. The molecule has 0 atom stereocenters. The van der Waals surface area contributed by atoms with Crippen LogP contribution in [0.15, 0.2) is 46.9 Å². The molecule has 0 saturated heterocycles. The van der Waals surface area contributed by atoms with Crippen LogP contribution in [0.3, 0.4) is 0 Å². The van der Waals surface area contributed by atoms with Gasteiger partial charge in [-0.3, -0.25) is 0 Å². The van der Waals surface area contributed by atoms with E-state index in [1.54, 1.807) is 19.2 Å². The summed E-state index contributed by atoms with van der Waals surface area (Å²) in [6, 6.07) is 12.8. The minimum absolute atomic E-state index is 0.638. The van der Waals surface area contributed by atoms with Gasteiger partial charge in [-0.05, 0) is 36.4 Å². The number of hydrogen-bond donors (Lipinski definition) is 0. The number of hydrogen-bond acceptors (Lipinski definition) is 2. The first-order valence-electron chi connectivity index (χ1n) is 4.96. The van der Waals surface area contributed by atoms with Crippen molar-refractivity contribution in [3.63, 3.8) is 0 Å². The molecule has 0 radical (unpaired) electrons. The van der Waals surface area contributed by atoms with Crippen LogP contribution < -0.4 is 9.47 Å². The van der Waals surface area contributed by atoms with Gasteiger partial charge in [0.05, 0.1) is 7.11 Å². The van der Waals surface area contributed by atoms with E-state index < -0.39 is 0 Å². The average Bonchev–Trinajstić information content (AvgIpc) is 2.31. The first-order valence-corrected chi connectivity index (χ1v) is 6.13. The predicted molar refractivity (Wildman–Crippen MR) is 72.2 cm³/mol. The second-order valence-corrected chi connectivity index (χ2v) is 4.71. The fourth-order valence-electron chi connectivity index (χ4n) is 1.38. The number of halogens is 2. The molecule has 2 aromatic carbocycles. The van der Waals surface area contributed by atoms with Crippen LogP contribution in [0.25, 0.3) is 0 Å². The van der Waals surface area contributed by atoms with Crippen molar-refractivity contribution in [2.45, 2.75) is 0 Å². The lowest BCUT2D eigenvalue weighted by atomic mass is 10.3. The minimum atomic E-state index is 0.638. The SMILES string of the molecule is COc1cc(Br)ccc1Oc1cccc(Cl)c1. The first kappa shape index (κ1) is 12.3. The van der Waals surface area contributed by atoms with E-state index in [9.17, 15) is 0 Å². The van der Waals surface area contributed by atoms with Crippen LogP contribution in [-0.2, 0) is 0 Å². The van der Waals surface area contributed by atoms with E-state index in [4.69, 9.17) is 21.1 Å². The Kier molecular flexibility index (Phi) is 3.92. The zero-order valence-electron chi connectivity index (χ0n) is 9.11. The molecule has 17 heavy (non-hydrogen) atoms. The molecule has 0 unspecified atom stereocenters. The highest BCUT2D eigenvalue weighted by molar-refractivity contribution is 9.10. The van der Waals surface area contributed by atoms with Gasteiger partial charge in [-0.25, -0.2) is 0 Å². The van der Waals surface area contributed by atoms with Gasteiger partial charge in [-0.1, -0.05) is 33.6 Å². The summed E-state index contributed by atoms with van der Waals surface area (Å²) in [5, 5.41) is 0.638. The second kappa shape index (κ2) is 5.43. The molecule has 0 amide bonds. The van der Waals surface area contributed by atoms with Crippen molar-refractivity contribution in [1.29, 1.82) is 0 Å². The van der Waals surface area contributed by atoms with Gasteiger partial charge in [0.15, 0.2) is 11.5 Å². The molecule has 2 nitrogen and oxygen atoms in total. The molecular formula is C13H10BrClO2. The fraction of sp³-hybridized carbons (Fsp3) is 0.0769. The largest absolute Gasteiger partial charge is 0.493 e. The zero-order valence-corrected chi connectivity index (χ0v) is 11.5. The van der Waals surface area contributed by atoms with E-state index in [2.05, 4.69) is 15.9 Å². The van der Waals surface area contributed by atoms with Crippen LogP contribution in [0.1, 0.15) is 0 Å². The highest BCUT2D eigenvalue weighted by Gasteiger charge is 2.06. The Morgan fingerprint density at radius 3 is 2.59 bits per heavy atom. The highest BCUT2D eigenvalue weighted by atomic mass is 79.9. The maximum Gasteiger partial charge on any atom is 0.169 e. The predicted octanol–water partition coefficient (Wildman–Crippen LogP) is 4.90. The van der Waals surface area contributed by atoms with Gasteiger partial charge in [0.2, 0.25) is 0 Å². The van der Waals surface area contributed by atoms with Crippen molar-refractivity contribution in [3.05, 3.63) is 52.0 Å². The summed E-state index contributed by atoms with van der Waals surface area (Å²) in [7, 11) is 1.60. The monoisotopic (exact) mass is 312 g/mol. The molecule has 0 fully saturated rings. The van der Waals surface area contributed by atoms with Crippen molar-refractivity contribution in [3.8, 4) is 17.2 Å². The maximum absolute atomic E-state index is 5.89. The molecule has 0 aliphatic heterocycles. The number of methoxy groups -OCH3 is 1. The van der Waals surface area contributed by atoms with Crippen molar-refractivity contribution >= 4 is 27.5 Å². The first-order chi connectivity index (χ1) is 8.19. The smallest absolute Gasteiger partial charge is 0.169 e. The lowest BCUT2D eigenvalue weighted by Crippen LogP contribution is -1.90. The third kappa shape index (κ3) is 3.14. The molecule has 0 N–H and O–H groups in total. The number of ether oxygens (including phenoxy) is 2. The Bertz CT molecular complexity index is 529. The van der Waals surface area contributed by atoms with Crippen LogP contribution >= 0.6 is 27.5 Å². The molecule has 4 heteroatoms. The molecule has 88 valence electrons. The molecule has 0 bridgehead atoms. The second-order valence-electron chi connectivity index (χ2n) is 3.35. The van der Waals surface area contributed by atoms with Gasteiger partial charge in [0, 0.05) is 9.50 Å². The summed E-state index contributed by atoms with van der Waals surface area (Å²) in [6.45, 7) is 0. The minimum Gasteiger partial charge on any atom is -0.493 e. The molecule has 2 rings (SSSR count). The Morgan fingerprint density at radius 1 is 1.06 bits per heavy atom. The lowest BCUT2D eigenvalue weighted by Gasteiger charge is -2.10. The Balaban J connectivity index is 2.29. The third-order valence-corrected chi connectivity index (χ3v) is 2.88. The molecule has 0 aliphatic rings. The summed E-state index contributed by atoms with van der Waals surface area (Å²) in [5.41, 5.74) is 0. The van der Waals surface area contributed by atoms with Gasteiger partial charge < -0.3 is 9.47 Å². The third-order valence-electron chi connectivity index (χ3n) is 2.15. The van der Waals surface area contributed by atoms with Gasteiger partial charge in [-0.15, -0.1) is 0 Å². The molecule has 0 heterocycles. The Labute approximate surface area is 113 Å². The van der Waals surface area contributed by atoms with Crippen molar-refractivity contribution in [1.82, 2.24) is 0 Å². The van der Waals surface area contributed by atoms with E-state index in [1.807, 2.05) is 30.3 Å². The van der Waals surface area contributed by atoms with E-state index in [1.165, 1.54) is 0 Å². The van der Waals surface area contributed by atoms with Crippen LogP contribution in [0.4, 0.5) is 0 Å². The van der Waals surface area contributed by atoms with Crippen LogP contribution in [0, 0.1) is 0 Å². The van der Waals surface area contributed by atoms with Crippen LogP contribution in [0.2, 0.25) is 5.02 Å². The normalized spacial score (nSPS) is 10.1. The molecule has 2 aromatic rings. The average molecular weight is 314 g/mol. The fourth-order valence-corrected chi connectivity index (χ4v) is 1.90. The molecule has 0 aromatic heterocycles. The Morgan fingerprint density at radius 2 is 1.88 bits per heavy atom. The molecule has 0 aliphatic carbocycles. The molecular weight excluding hydrogens is 303 g/mol.